The molecule has 2 saturated carbocycles. The molecule has 3 heteroatoms. The standard InChI is InChI=1S/C11H17NOS/c13-11-7-3-4-8(11)10(12-9(11)14)5-1-2-6-10/h8,13H,1-7H2,(H,12,14)/t8-,11+/m0/s1. The number of aliphatic hydroxyl groups is 1. The number of thiocarbonyl (C=S) groups is 1. The van der Waals surface area contributed by atoms with Crippen molar-refractivity contribution in [2.24, 2.45) is 5.92 Å². The molecule has 14 heavy (non-hydrogen) atoms. The molecule has 1 aliphatic heterocycles. The van der Waals surface area contributed by atoms with E-state index in [0.717, 1.165) is 24.3 Å². The summed E-state index contributed by atoms with van der Waals surface area (Å²) in [6, 6.07) is 0. The predicted molar refractivity (Wildman–Crippen MR) is 59.2 cm³/mol. The van der Waals surface area contributed by atoms with Gasteiger partial charge >= 0.3 is 0 Å². The summed E-state index contributed by atoms with van der Waals surface area (Å²) < 4.78 is 0. The van der Waals surface area contributed by atoms with E-state index in [1.54, 1.807) is 0 Å². The fraction of sp³-hybridized carbons (Fsp3) is 0.909. The first-order valence-corrected chi connectivity index (χ1v) is 6.13. The van der Waals surface area contributed by atoms with E-state index >= 15 is 0 Å². The molecule has 0 radical (unpaired) electrons. The van der Waals surface area contributed by atoms with E-state index in [0.29, 0.717) is 5.92 Å². The molecule has 0 aromatic heterocycles. The fourth-order valence-corrected chi connectivity index (χ4v) is 4.34. The van der Waals surface area contributed by atoms with E-state index in [9.17, 15) is 5.11 Å². The first-order chi connectivity index (χ1) is 6.67. The average Bonchev–Trinajstić information content (AvgIpc) is 2.76. The maximum atomic E-state index is 10.5. The second-order valence-corrected chi connectivity index (χ2v) is 5.59. The zero-order valence-corrected chi connectivity index (χ0v) is 9.20. The van der Waals surface area contributed by atoms with Gasteiger partial charge in [-0.05, 0) is 32.1 Å². The van der Waals surface area contributed by atoms with E-state index < -0.39 is 5.60 Å². The highest BCUT2D eigenvalue weighted by Gasteiger charge is 2.61. The lowest BCUT2D eigenvalue weighted by Gasteiger charge is -2.31. The molecule has 1 spiro atoms. The Bertz CT molecular complexity index is 285. The largest absolute Gasteiger partial charge is 0.382 e. The van der Waals surface area contributed by atoms with Crippen LogP contribution in [0, 0.1) is 5.92 Å². The topological polar surface area (TPSA) is 32.3 Å². The Morgan fingerprint density at radius 3 is 2.64 bits per heavy atom. The summed E-state index contributed by atoms with van der Waals surface area (Å²) in [5, 5.41) is 14.0. The molecular formula is C11H17NOS. The maximum absolute atomic E-state index is 10.5. The number of fused-ring (bicyclic) bond motifs is 2. The van der Waals surface area contributed by atoms with Crippen LogP contribution in [0.15, 0.2) is 0 Å². The van der Waals surface area contributed by atoms with Crippen molar-refractivity contribution in [1.82, 2.24) is 5.32 Å². The van der Waals surface area contributed by atoms with Crippen LogP contribution >= 0.6 is 12.2 Å². The van der Waals surface area contributed by atoms with Crippen molar-refractivity contribution in [2.45, 2.75) is 56.1 Å². The second-order valence-electron chi connectivity index (χ2n) is 5.19. The average molecular weight is 211 g/mol. The van der Waals surface area contributed by atoms with Gasteiger partial charge in [0.2, 0.25) is 0 Å². The van der Waals surface area contributed by atoms with Crippen LogP contribution < -0.4 is 5.32 Å². The Morgan fingerprint density at radius 2 is 1.93 bits per heavy atom. The van der Waals surface area contributed by atoms with Crippen molar-refractivity contribution in [3.05, 3.63) is 0 Å². The Labute approximate surface area is 90.1 Å². The molecule has 3 rings (SSSR count). The number of hydrogen-bond donors (Lipinski definition) is 2. The predicted octanol–water partition coefficient (Wildman–Crippen LogP) is 1.76. The number of nitrogens with one attached hydrogen (secondary N) is 1. The van der Waals surface area contributed by atoms with Crippen LogP contribution in [0.5, 0.6) is 0 Å². The summed E-state index contributed by atoms with van der Waals surface area (Å²) in [5.74, 6) is 0.407. The van der Waals surface area contributed by atoms with Gasteiger partial charge in [0.15, 0.2) is 0 Å². The van der Waals surface area contributed by atoms with Crippen LogP contribution in [-0.2, 0) is 0 Å². The molecule has 1 heterocycles. The molecule has 3 fully saturated rings. The Morgan fingerprint density at radius 1 is 1.21 bits per heavy atom. The minimum atomic E-state index is -0.639. The lowest BCUT2D eigenvalue weighted by Crippen LogP contribution is -2.43. The second kappa shape index (κ2) is 2.70. The van der Waals surface area contributed by atoms with Crippen LogP contribution in [0.2, 0.25) is 0 Å². The SMILES string of the molecule is O[C@]12CCC[C@H]1C1(CCCC1)NC2=S. The lowest BCUT2D eigenvalue weighted by atomic mass is 9.78. The highest BCUT2D eigenvalue weighted by molar-refractivity contribution is 7.80. The molecule has 0 amide bonds. The third-order valence-electron chi connectivity index (χ3n) is 4.55. The van der Waals surface area contributed by atoms with Crippen molar-refractivity contribution in [2.75, 3.05) is 0 Å². The van der Waals surface area contributed by atoms with Crippen molar-refractivity contribution < 1.29 is 5.11 Å². The quantitative estimate of drug-likeness (QED) is 0.599. The third kappa shape index (κ3) is 0.924. The van der Waals surface area contributed by atoms with Gasteiger partial charge in [-0.1, -0.05) is 25.1 Å². The highest BCUT2D eigenvalue weighted by Crippen LogP contribution is 2.53. The molecule has 0 aromatic carbocycles. The molecule has 0 unspecified atom stereocenters. The summed E-state index contributed by atoms with van der Waals surface area (Å²) in [6.45, 7) is 0. The summed E-state index contributed by atoms with van der Waals surface area (Å²) in [4.78, 5) is 0.738. The van der Waals surface area contributed by atoms with Crippen LogP contribution in [0.25, 0.3) is 0 Å². The van der Waals surface area contributed by atoms with E-state index in [1.807, 2.05) is 0 Å². The molecule has 2 aliphatic carbocycles. The van der Waals surface area contributed by atoms with Crippen molar-refractivity contribution >= 4 is 17.2 Å². The number of rotatable bonds is 0. The molecular weight excluding hydrogens is 194 g/mol. The molecule has 0 bridgehead atoms. The monoisotopic (exact) mass is 211 g/mol. The van der Waals surface area contributed by atoms with Gasteiger partial charge in [-0.2, -0.15) is 0 Å². The summed E-state index contributed by atoms with van der Waals surface area (Å²) in [6.07, 6.45) is 8.18. The van der Waals surface area contributed by atoms with Gasteiger partial charge in [-0.15, -0.1) is 0 Å². The van der Waals surface area contributed by atoms with Crippen molar-refractivity contribution in [3.63, 3.8) is 0 Å². The Kier molecular flexibility index (Phi) is 1.76. The molecule has 2 atom stereocenters. The summed E-state index contributed by atoms with van der Waals surface area (Å²) in [7, 11) is 0. The van der Waals surface area contributed by atoms with Crippen molar-refractivity contribution in [3.8, 4) is 0 Å². The Balaban J connectivity index is 2.00. The number of hydrogen-bond acceptors (Lipinski definition) is 2. The Hall–Kier alpha value is -0.150. The zero-order chi connectivity index (χ0) is 9.81. The van der Waals surface area contributed by atoms with Gasteiger partial charge in [0.25, 0.3) is 0 Å². The summed E-state index contributed by atoms with van der Waals surface area (Å²) in [5.41, 5.74) is -0.456. The third-order valence-corrected chi connectivity index (χ3v) is 5.00. The normalized spacial score (nSPS) is 44.4. The molecule has 0 aromatic rings. The molecule has 2 nitrogen and oxygen atoms in total. The molecule has 2 N–H and O–H groups in total. The first kappa shape index (κ1) is 9.10. The molecule has 1 saturated heterocycles. The van der Waals surface area contributed by atoms with E-state index in [-0.39, 0.29) is 5.54 Å². The van der Waals surface area contributed by atoms with Crippen LogP contribution in [-0.4, -0.2) is 21.2 Å². The van der Waals surface area contributed by atoms with Gasteiger partial charge in [0.05, 0.1) is 0 Å². The minimum absolute atomic E-state index is 0.183. The molecule has 3 aliphatic rings. The zero-order valence-electron chi connectivity index (χ0n) is 8.38. The van der Waals surface area contributed by atoms with Gasteiger partial charge in [0, 0.05) is 11.5 Å². The van der Waals surface area contributed by atoms with Crippen LogP contribution in [0.1, 0.15) is 44.9 Å². The maximum Gasteiger partial charge on any atom is 0.119 e. The smallest absolute Gasteiger partial charge is 0.119 e. The lowest BCUT2D eigenvalue weighted by molar-refractivity contribution is 0.0573. The van der Waals surface area contributed by atoms with E-state index in [4.69, 9.17) is 12.2 Å². The van der Waals surface area contributed by atoms with Crippen molar-refractivity contribution in [1.29, 1.82) is 0 Å². The highest BCUT2D eigenvalue weighted by atomic mass is 32.1. The summed E-state index contributed by atoms with van der Waals surface area (Å²) >= 11 is 5.32. The van der Waals surface area contributed by atoms with Crippen LogP contribution in [0.4, 0.5) is 0 Å². The van der Waals surface area contributed by atoms with Crippen LogP contribution in [0.3, 0.4) is 0 Å². The van der Waals surface area contributed by atoms with Gasteiger partial charge in [-0.3, -0.25) is 0 Å². The van der Waals surface area contributed by atoms with E-state index in [1.165, 1.54) is 25.7 Å². The molecule has 78 valence electrons. The van der Waals surface area contributed by atoms with Gasteiger partial charge in [0.1, 0.15) is 10.6 Å². The van der Waals surface area contributed by atoms with Gasteiger partial charge in [-0.25, -0.2) is 0 Å². The first-order valence-electron chi connectivity index (χ1n) is 5.72. The minimum Gasteiger partial charge on any atom is -0.382 e. The van der Waals surface area contributed by atoms with E-state index in [2.05, 4.69) is 5.32 Å². The fourth-order valence-electron chi connectivity index (χ4n) is 3.89. The van der Waals surface area contributed by atoms with Gasteiger partial charge < -0.3 is 10.4 Å².